The van der Waals surface area contributed by atoms with Gasteiger partial charge in [0.1, 0.15) is 0 Å². The Morgan fingerprint density at radius 2 is 1.92 bits per heavy atom. The zero-order chi connectivity index (χ0) is 8.97. The van der Waals surface area contributed by atoms with Crippen LogP contribution in [0.1, 0.15) is 52.4 Å². The van der Waals surface area contributed by atoms with Gasteiger partial charge in [-0.3, -0.25) is 0 Å². The van der Waals surface area contributed by atoms with Crippen molar-refractivity contribution >= 4 is 0 Å². The SMILES string of the molecule is C=C(C)C(CC)C1CCCCC1. The van der Waals surface area contributed by atoms with E-state index in [1.54, 1.807) is 0 Å². The van der Waals surface area contributed by atoms with Crippen molar-refractivity contribution in [2.24, 2.45) is 11.8 Å². The molecule has 1 rings (SSSR count). The molecule has 12 heavy (non-hydrogen) atoms. The molecule has 0 saturated heterocycles. The highest BCUT2D eigenvalue weighted by atomic mass is 14.3. The Morgan fingerprint density at radius 1 is 1.33 bits per heavy atom. The van der Waals surface area contributed by atoms with E-state index in [0.29, 0.717) is 0 Å². The van der Waals surface area contributed by atoms with E-state index in [1.165, 1.54) is 44.1 Å². The van der Waals surface area contributed by atoms with Gasteiger partial charge in [-0.15, -0.1) is 0 Å². The molecule has 0 amide bonds. The number of hydrogen-bond donors (Lipinski definition) is 0. The molecule has 1 fully saturated rings. The van der Waals surface area contributed by atoms with Crippen molar-refractivity contribution in [2.75, 3.05) is 0 Å². The molecule has 0 aromatic carbocycles. The molecule has 0 aromatic rings. The van der Waals surface area contributed by atoms with Gasteiger partial charge in [-0.1, -0.05) is 38.3 Å². The third kappa shape index (κ3) is 2.36. The fourth-order valence-electron chi connectivity index (χ4n) is 2.62. The van der Waals surface area contributed by atoms with E-state index in [0.717, 1.165) is 11.8 Å². The lowest BCUT2D eigenvalue weighted by Crippen LogP contribution is -2.17. The molecule has 1 atom stereocenters. The first-order valence-corrected chi connectivity index (χ1v) is 5.41. The molecule has 0 aliphatic heterocycles. The monoisotopic (exact) mass is 166 g/mol. The Labute approximate surface area is 77.1 Å². The fourth-order valence-corrected chi connectivity index (χ4v) is 2.62. The summed E-state index contributed by atoms with van der Waals surface area (Å²) >= 11 is 0. The molecule has 1 aliphatic carbocycles. The van der Waals surface area contributed by atoms with Crippen molar-refractivity contribution in [1.29, 1.82) is 0 Å². The minimum Gasteiger partial charge on any atom is -0.0999 e. The van der Waals surface area contributed by atoms with Crippen molar-refractivity contribution in [3.8, 4) is 0 Å². The van der Waals surface area contributed by atoms with Gasteiger partial charge in [0, 0.05) is 0 Å². The van der Waals surface area contributed by atoms with Gasteiger partial charge in [0.05, 0.1) is 0 Å². The molecule has 0 heteroatoms. The predicted octanol–water partition coefficient (Wildman–Crippen LogP) is 4.17. The molecule has 0 nitrogen and oxygen atoms in total. The topological polar surface area (TPSA) is 0 Å². The van der Waals surface area contributed by atoms with Gasteiger partial charge in [-0.25, -0.2) is 0 Å². The van der Waals surface area contributed by atoms with Crippen LogP contribution in [-0.4, -0.2) is 0 Å². The Kier molecular flexibility index (Phi) is 3.84. The second kappa shape index (κ2) is 4.69. The van der Waals surface area contributed by atoms with Crippen LogP contribution in [0.3, 0.4) is 0 Å². The van der Waals surface area contributed by atoms with Crippen molar-refractivity contribution in [2.45, 2.75) is 52.4 Å². The zero-order valence-corrected chi connectivity index (χ0v) is 8.60. The van der Waals surface area contributed by atoms with Crippen LogP contribution in [0.25, 0.3) is 0 Å². The summed E-state index contributed by atoms with van der Waals surface area (Å²) in [6, 6.07) is 0. The van der Waals surface area contributed by atoms with Gasteiger partial charge in [-0.2, -0.15) is 0 Å². The largest absolute Gasteiger partial charge is 0.0999 e. The van der Waals surface area contributed by atoms with Crippen LogP contribution >= 0.6 is 0 Å². The average Bonchev–Trinajstić information content (AvgIpc) is 2.07. The third-order valence-corrected chi connectivity index (χ3v) is 3.29. The highest BCUT2D eigenvalue weighted by molar-refractivity contribution is 4.98. The second-order valence-corrected chi connectivity index (χ2v) is 4.26. The molecule has 0 heterocycles. The van der Waals surface area contributed by atoms with E-state index in [1.807, 2.05) is 0 Å². The van der Waals surface area contributed by atoms with Crippen LogP contribution in [0.4, 0.5) is 0 Å². The first-order chi connectivity index (χ1) is 5.75. The van der Waals surface area contributed by atoms with Crippen LogP contribution in [-0.2, 0) is 0 Å². The minimum absolute atomic E-state index is 0.810. The van der Waals surface area contributed by atoms with Gasteiger partial charge < -0.3 is 0 Å². The summed E-state index contributed by atoms with van der Waals surface area (Å²) in [6.07, 6.45) is 8.56. The summed E-state index contributed by atoms with van der Waals surface area (Å²) in [5.74, 6) is 1.77. The predicted molar refractivity (Wildman–Crippen MR) is 55.2 cm³/mol. The maximum atomic E-state index is 4.10. The molecule has 0 radical (unpaired) electrons. The molecule has 0 spiro atoms. The first kappa shape index (κ1) is 9.83. The molecule has 0 bridgehead atoms. The standard InChI is InChI=1S/C12H22/c1-4-12(10(2)3)11-8-6-5-7-9-11/h11-12H,2,4-9H2,1,3H3. The van der Waals surface area contributed by atoms with E-state index in [2.05, 4.69) is 20.4 Å². The Hall–Kier alpha value is -0.260. The molecular formula is C12H22. The van der Waals surface area contributed by atoms with E-state index < -0.39 is 0 Å². The van der Waals surface area contributed by atoms with E-state index in [-0.39, 0.29) is 0 Å². The lowest BCUT2D eigenvalue weighted by molar-refractivity contribution is 0.271. The van der Waals surface area contributed by atoms with Crippen LogP contribution in [0, 0.1) is 11.8 Å². The normalized spacial score (nSPS) is 22.2. The van der Waals surface area contributed by atoms with E-state index in [9.17, 15) is 0 Å². The summed E-state index contributed by atoms with van der Waals surface area (Å²) < 4.78 is 0. The van der Waals surface area contributed by atoms with E-state index in [4.69, 9.17) is 0 Å². The Morgan fingerprint density at radius 3 is 2.33 bits per heavy atom. The average molecular weight is 166 g/mol. The minimum atomic E-state index is 0.810. The van der Waals surface area contributed by atoms with Gasteiger partial charge in [-0.05, 0) is 38.0 Å². The Balaban J connectivity index is 2.46. The molecule has 1 aliphatic rings. The summed E-state index contributed by atoms with van der Waals surface area (Å²) in [4.78, 5) is 0. The summed E-state index contributed by atoms with van der Waals surface area (Å²) in [5, 5.41) is 0. The zero-order valence-electron chi connectivity index (χ0n) is 8.60. The van der Waals surface area contributed by atoms with Crippen molar-refractivity contribution in [3.05, 3.63) is 12.2 Å². The first-order valence-electron chi connectivity index (χ1n) is 5.41. The van der Waals surface area contributed by atoms with Crippen LogP contribution in [0.5, 0.6) is 0 Å². The summed E-state index contributed by atoms with van der Waals surface area (Å²) in [5.41, 5.74) is 1.41. The van der Waals surface area contributed by atoms with Crippen LogP contribution < -0.4 is 0 Å². The second-order valence-electron chi connectivity index (χ2n) is 4.26. The molecule has 0 N–H and O–H groups in total. The van der Waals surface area contributed by atoms with Gasteiger partial charge in [0.25, 0.3) is 0 Å². The van der Waals surface area contributed by atoms with Crippen molar-refractivity contribution in [1.82, 2.24) is 0 Å². The number of allylic oxidation sites excluding steroid dienone is 1. The maximum Gasteiger partial charge on any atom is -0.0183 e. The van der Waals surface area contributed by atoms with Crippen LogP contribution in [0.15, 0.2) is 12.2 Å². The van der Waals surface area contributed by atoms with Gasteiger partial charge in [0.15, 0.2) is 0 Å². The van der Waals surface area contributed by atoms with Gasteiger partial charge >= 0.3 is 0 Å². The van der Waals surface area contributed by atoms with Crippen molar-refractivity contribution in [3.63, 3.8) is 0 Å². The Bertz CT molecular complexity index is 140. The summed E-state index contributed by atoms with van der Waals surface area (Å²) in [7, 11) is 0. The lowest BCUT2D eigenvalue weighted by atomic mass is 9.76. The van der Waals surface area contributed by atoms with Crippen LogP contribution in [0.2, 0.25) is 0 Å². The summed E-state index contributed by atoms with van der Waals surface area (Å²) in [6.45, 7) is 8.60. The highest BCUT2D eigenvalue weighted by Crippen LogP contribution is 2.34. The molecule has 70 valence electrons. The smallest absolute Gasteiger partial charge is 0.0183 e. The molecule has 1 unspecified atom stereocenters. The molecule has 1 saturated carbocycles. The number of rotatable bonds is 3. The van der Waals surface area contributed by atoms with E-state index >= 15 is 0 Å². The fraction of sp³-hybridized carbons (Fsp3) is 0.833. The van der Waals surface area contributed by atoms with Gasteiger partial charge in [0.2, 0.25) is 0 Å². The maximum absolute atomic E-state index is 4.10. The van der Waals surface area contributed by atoms with Crippen molar-refractivity contribution < 1.29 is 0 Å². The highest BCUT2D eigenvalue weighted by Gasteiger charge is 2.22. The lowest BCUT2D eigenvalue weighted by Gasteiger charge is -2.29. The molecule has 0 aromatic heterocycles. The quantitative estimate of drug-likeness (QED) is 0.552. The third-order valence-electron chi connectivity index (χ3n) is 3.29. The molecular weight excluding hydrogens is 144 g/mol. The number of hydrogen-bond acceptors (Lipinski definition) is 0.